The molecule has 0 aromatic carbocycles. The molecule has 0 amide bonds. The maximum atomic E-state index is 4.40. The minimum atomic E-state index is 0.205. The van der Waals surface area contributed by atoms with Gasteiger partial charge in [-0.05, 0) is 57.1 Å². The summed E-state index contributed by atoms with van der Waals surface area (Å²) in [5.41, 5.74) is 2.01. The second kappa shape index (κ2) is 4.37. The van der Waals surface area contributed by atoms with Crippen molar-refractivity contribution in [2.75, 3.05) is 6.54 Å². The molecule has 1 fully saturated rings. The predicted molar refractivity (Wildman–Crippen MR) is 75.7 cm³/mol. The van der Waals surface area contributed by atoms with Gasteiger partial charge in [-0.15, -0.1) is 0 Å². The van der Waals surface area contributed by atoms with Crippen molar-refractivity contribution in [2.45, 2.75) is 59.5 Å². The zero-order chi connectivity index (χ0) is 13.6. The van der Waals surface area contributed by atoms with Crippen LogP contribution in [0.25, 0.3) is 0 Å². The molecular weight excluding hydrogens is 222 g/mol. The Bertz CT molecular complexity index is 412. The second-order valence-electron chi connectivity index (χ2n) is 7.17. The quantitative estimate of drug-likeness (QED) is 0.889. The van der Waals surface area contributed by atoms with Gasteiger partial charge in [0, 0.05) is 18.3 Å². The van der Waals surface area contributed by atoms with Gasteiger partial charge in [0.25, 0.3) is 0 Å². The maximum Gasteiger partial charge on any atom is 0.0524 e. The zero-order valence-corrected chi connectivity index (χ0v) is 12.6. The predicted octanol–water partition coefficient (Wildman–Crippen LogP) is 3.03. The number of aryl methyl sites for hydroxylation is 1. The number of hydrogen-bond donors (Lipinski definition) is 1. The molecule has 1 N–H and O–H groups in total. The van der Waals surface area contributed by atoms with Crippen molar-refractivity contribution >= 4 is 0 Å². The van der Waals surface area contributed by atoms with E-state index in [1.165, 1.54) is 5.56 Å². The fourth-order valence-corrected chi connectivity index (χ4v) is 2.92. The maximum absolute atomic E-state index is 4.40. The Hall–Kier alpha value is -0.830. The molecule has 1 saturated carbocycles. The van der Waals surface area contributed by atoms with E-state index in [9.17, 15) is 0 Å². The van der Waals surface area contributed by atoms with Crippen LogP contribution in [0.3, 0.4) is 0 Å². The summed E-state index contributed by atoms with van der Waals surface area (Å²) in [6.07, 6.45) is 4.26. The van der Waals surface area contributed by atoms with Gasteiger partial charge in [0.1, 0.15) is 0 Å². The van der Waals surface area contributed by atoms with Crippen LogP contribution in [0.2, 0.25) is 0 Å². The number of rotatable bonds is 4. The smallest absolute Gasteiger partial charge is 0.0524 e. The molecule has 2 rings (SSSR count). The minimum absolute atomic E-state index is 0.205. The molecule has 0 bridgehead atoms. The van der Waals surface area contributed by atoms with Gasteiger partial charge in [-0.3, -0.25) is 4.68 Å². The van der Waals surface area contributed by atoms with E-state index in [1.807, 2.05) is 10.9 Å². The monoisotopic (exact) mass is 249 g/mol. The second-order valence-corrected chi connectivity index (χ2v) is 7.17. The first-order valence-corrected chi connectivity index (χ1v) is 7.03. The lowest BCUT2D eigenvalue weighted by Gasteiger charge is -2.21. The molecule has 1 aliphatic rings. The Morgan fingerprint density at radius 1 is 1.39 bits per heavy atom. The molecule has 1 aliphatic carbocycles. The van der Waals surface area contributed by atoms with Crippen molar-refractivity contribution in [3.63, 3.8) is 0 Å². The van der Waals surface area contributed by atoms with Gasteiger partial charge in [0.2, 0.25) is 0 Å². The van der Waals surface area contributed by atoms with Crippen LogP contribution >= 0.6 is 0 Å². The van der Waals surface area contributed by atoms with Crippen LogP contribution in [0.15, 0.2) is 12.4 Å². The molecule has 3 heteroatoms. The largest absolute Gasteiger partial charge is 0.312 e. The highest BCUT2D eigenvalue weighted by atomic mass is 15.3. The number of hydrogen-bond acceptors (Lipinski definition) is 2. The van der Waals surface area contributed by atoms with Crippen molar-refractivity contribution in [1.82, 2.24) is 15.1 Å². The van der Waals surface area contributed by atoms with E-state index >= 15 is 0 Å². The summed E-state index contributed by atoms with van der Waals surface area (Å²) in [7, 11) is 0. The van der Waals surface area contributed by atoms with E-state index in [-0.39, 0.29) is 5.54 Å². The van der Waals surface area contributed by atoms with Crippen molar-refractivity contribution in [2.24, 2.45) is 11.3 Å². The van der Waals surface area contributed by atoms with Crippen LogP contribution < -0.4 is 5.32 Å². The zero-order valence-electron chi connectivity index (χ0n) is 12.6. The third-order valence-corrected chi connectivity index (χ3v) is 4.24. The molecule has 0 saturated heterocycles. The molecule has 0 radical (unpaired) electrons. The lowest BCUT2D eigenvalue weighted by atomic mass is 10.1. The molecule has 18 heavy (non-hydrogen) atoms. The summed E-state index contributed by atoms with van der Waals surface area (Å²) in [5, 5.41) is 8.03. The molecule has 1 aromatic heterocycles. The molecule has 102 valence electrons. The summed E-state index contributed by atoms with van der Waals surface area (Å²) in [5.74, 6) is 1.39. The van der Waals surface area contributed by atoms with E-state index in [1.54, 1.807) is 0 Å². The van der Waals surface area contributed by atoms with Crippen molar-refractivity contribution in [1.29, 1.82) is 0 Å². The van der Waals surface area contributed by atoms with Crippen LogP contribution in [0, 0.1) is 11.3 Å². The van der Waals surface area contributed by atoms with Gasteiger partial charge in [-0.1, -0.05) is 13.8 Å². The minimum Gasteiger partial charge on any atom is -0.312 e. The van der Waals surface area contributed by atoms with Gasteiger partial charge in [0.15, 0.2) is 0 Å². The van der Waals surface area contributed by atoms with Gasteiger partial charge in [-0.25, -0.2) is 0 Å². The topological polar surface area (TPSA) is 29.9 Å². The Morgan fingerprint density at radius 3 is 2.56 bits per heavy atom. The lowest BCUT2D eigenvalue weighted by molar-refractivity contribution is 0.396. The molecule has 0 aliphatic heterocycles. The molecule has 2 unspecified atom stereocenters. The van der Waals surface area contributed by atoms with E-state index in [4.69, 9.17) is 0 Å². The highest BCUT2D eigenvalue weighted by molar-refractivity contribution is 5.28. The Morgan fingerprint density at radius 2 is 2.06 bits per heavy atom. The first-order valence-electron chi connectivity index (χ1n) is 7.03. The highest BCUT2D eigenvalue weighted by Gasteiger charge is 2.58. The Kier molecular flexibility index (Phi) is 3.30. The van der Waals surface area contributed by atoms with Crippen LogP contribution in [0.5, 0.6) is 0 Å². The normalized spacial score (nSPS) is 26.3. The van der Waals surface area contributed by atoms with E-state index < -0.39 is 0 Å². The standard InChI is InChI=1S/C15H27N3/c1-7-18-10-11(8-17-18)13-12(15(13,5)6)9-16-14(2,3)4/h8,10,12-13,16H,7,9H2,1-6H3. The van der Waals surface area contributed by atoms with E-state index in [0.29, 0.717) is 11.3 Å². The van der Waals surface area contributed by atoms with Crippen molar-refractivity contribution in [3.05, 3.63) is 18.0 Å². The SMILES string of the molecule is CCn1cc(C2C(CNC(C)(C)C)C2(C)C)cn1. The van der Waals surface area contributed by atoms with E-state index in [2.05, 4.69) is 58.2 Å². The summed E-state index contributed by atoms with van der Waals surface area (Å²) < 4.78 is 2.03. The summed E-state index contributed by atoms with van der Waals surface area (Å²) in [6, 6.07) is 0. The molecule has 3 nitrogen and oxygen atoms in total. The van der Waals surface area contributed by atoms with Gasteiger partial charge >= 0.3 is 0 Å². The van der Waals surface area contributed by atoms with Crippen molar-refractivity contribution < 1.29 is 0 Å². The molecule has 1 heterocycles. The highest BCUT2D eigenvalue weighted by Crippen LogP contribution is 2.64. The molecular formula is C15H27N3. The third-order valence-electron chi connectivity index (χ3n) is 4.24. The molecule has 0 spiro atoms. The fraction of sp³-hybridized carbons (Fsp3) is 0.800. The Balaban J connectivity index is 2.02. The van der Waals surface area contributed by atoms with Crippen LogP contribution in [-0.2, 0) is 6.54 Å². The first-order chi connectivity index (χ1) is 8.25. The van der Waals surface area contributed by atoms with Crippen molar-refractivity contribution in [3.8, 4) is 0 Å². The van der Waals surface area contributed by atoms with Gasteiger partial charge < -0.3 is 5.32 Å². The van der Waals surface area contributed by atoms with E-state index in [0.717, 1.165) is 19.0 Å². The number of nitrogens with one attached hydrogen (secondary N) is 1. The molecule has 2 atom stereocenters. The van der Waals surface area contributed by atoms with Gasteiger partial charge in [0.05, 0.1) is 6.20 Å². The number of aromatic nitrogens is 2. The average molecular weight is 249 g/mol. The van der Waals surface area contributed by atoms with Crippen LogP contribution in [0.1, 0.15) is 53.0 Å². The van der Waals surface area contributed by atoms with Gasteiger partial charge in [-0.2, -0.15) is 5.10 Å². The molecule has 1 aromatic rings. The third kappa shape index (κ3) is 2.61. The summed E-state index contributed by atoms with van der Waals surface area (Å²) in [4.78, 5) is 0. The van der Waals surface area contributed by atoms with Crippen LogP contribution in [0.4, 0.5) is 0 Å². The first kappa shape index (κ1) is 13.6. The number of nitrogens with zero attached hydrogens (tertiary/aromatic N) is 2. The Labute approximate surface area is 111 Å². The summed E-state index contributed by atoms with van der Waals surface area (Å²) in [6.45, 7) is 15.6. The van der Waals surface area contributed by atoms with Crippen LogP contribution in [-0.4, -0.2) is 21.9 Å². The lowest BCUT2D eigenvalue weighted by Crippen LogP contribution is -2.37. The summed E-state index contributed by atoms with van der Waals surface area (Å²) >= 11 is 0. The average Bonchev–Trinajstić information content (AvgIpc) is 2.63. The fourth-order valence-electron chi connectivity index (χ4n) is 2.92.